The molecule has 0 unspecified atom stereocenters. The minimum atomic E-state index is 0.310. The van der Waals surface area contributed by atoms with Crippen LogP contribution in [-0.2, 0) is 0 Å². The lowest BCUT2D eigenvalue weighted by molar-refractivity contribution is 0.937. The molecule has 0 aliphatic heterocycles. The van der Waals surface area contributed by atoms with E-state index in [0.29, 0.717) is 11.4 Å². The third kappa shape index (κ3) is 2.05. The lowest BCUT2D eigenvalue weighted by Crippen LogP contribution is -1.80. The van der Waals surface area contributed by atoms with Crippen LogP contribution in [0.4, 0.5) is 0 Å². The third-order valence-corrected chi connectivity index (χ3v) is 4.51. The number of fused-ring (bicyclic) bond motifs is 1. The van der Waals surface area contributed by atoms with E-state index >= 15 is 0 Å². The van der Waals surface area contributed by atoms with Crippen LogP contribution >= 0.6 is 11.3 Å². The molecule has 0 bridgehead atoms. The van der Waals surface area contributed by atoms with E-state index in [1.807, 2.05) is 48.7 Å². The summed E-state index contributed by atoms with van der Waals surface area (Å²) in [5, 5.41) is 20.5. The van der Waals surface area contributed by atoms with Crippen LogP contribution in [0.2, 0.25) is 0 Å². The number of aromatic nitrogens is 4. The first-order valence-corrected chi connectivity index (χ1v) is 7.43. The van der Waals surface area contributed by atoms with Crippen molar-refractivity contribution in [1.29, 1.82) is 5.26 Å². The van der Waals surface area contributed by atoms with E-state index < -0.39 is 0 Å². The highest BCUT2D eigenvalue weighted by Gasteiger charge is 2.13. The van der Waals surface area contributed by atoms with Crippen LogP contribution in [0.1, 0.15) is 5.69 Å². The fourth-order valence-corrected chi connectivity index (χ4v) is 3.28. The Labute approximate surface area is 129 Å². The summed E-state index contributed by atoms with van der Waals surface area (Å²) in [6.45, 7) is 0. The smallest absolute Gasteiger partial charge is 0.191 e. The lowest BCUT2D eigenvalue weighted by atomic mass is 10.1. The molecular weight excluding hydrogens is 294 g/mol. The minimum absolute atomic E-state index is 0.310. The number of hydrogen-bond acceptors (Lipinski definition) is 5. The van der Waals surface area contributed by atoms with Gasteiger partial charge in [-0.05, 0) is 24.3 Å². The number of pyridine rings is 1. The van der Waals surface area contributed by atoms with Crippen molar-refractivity contribution in [2.45, 2.75) is 0 Å². The van der Waals surface area contributed by atoms with Gasteiger partial charge in [0.15, 0.2) is 5.69 Å². The highest BCUT2D eigenvalue weighted by Crippen LogP contribution is 2.34. The van der Waals surface area contributed by atoms with Gasteiger partial charge >= 0.3 is 0 Å². The van der Waals surface area contributed by atoms with Gasteiger partial charge in [-0.25, -0.2) is 0 Å². The van der Waals surface area contributed by atoms with Gasteiger partial charge in [-0.15, -0.1) is 16.4 Å². The van der Waals surface area contributed by atoms with E-state index in [-0.39, 0.29) is 0 Å². The Morgan fingerprint density at radius 2 is 1.91 bits per heavy atom. The van der Waals surface area contributed by atoms with E-state index in [9.17, 15) is 0 Å². The van der Waals surface area contributed by atoms with Crippen LogP contribution in [0, 0.1) is 11.3 Å². The second-order valence-corrected chi connectivity index (χ2v) is 5.80. The molecule has 4 aromatic rings. The van der Waals surface area contributed by atoms with Gasteiger partial charge in [0.05, 0.1) is 10.4 Å². The van der Waals surface area contributed by atoms with Crippen LogP contribution in [0.15, 0.2) is 48.7 Å². The van der Waals surface area contributed by atoms with Gasteiger partial charge in [0.1, 0.15) is 11.8 Å². The summed E-state index contributed by atoms with van der Waals surface area (Å²) in [7, 11) is 0. The molecule has 5 nitrogen and oxygen atoms in total. The first-order valence-electron chi connectivity index (χ1n) is 6.61. The molecule has 0 saturated carbocycles. The van der Waals surface area contributed by atoms with Gasteiger partial charge in [0.2, 0.25) is 0 Å². The van der Waals surface area contributed by atoms with Gasteiger partial charge in [-0.3, -0.25) is 4.98 Å². The number of rotatable bonds is 2. The molecular formula is C16H9N5S. The summed E-state index contributed by atoms with van der Waals surface area (Å²) in [5.74, 6) is 0. The monoisotopic (exact) mass is 303 g/mol. The molecule has 104 valence electrons. The molecule has 4 rings (SSSR count). The molecule has 1 aromatic carbocycles. The summed E-state index contributed by atoms with van der Waals surface area (Å²) in [6.07, 6.45) is 1.87. The predicted octanol–water partition coefficient (Wildman–Crippen LogP) is 3.62. The van der Waals surface area contributed by atoms with Crippen molar-refractivity contribution in [3.05, 3.63) is 54.4 Å². The van der Waals surface area contributed by atoms with Crippen molar-refractivity contribution >= 4 is 22.2 Å². The Balaban J connectivity index is 1.78. The van der Waals surface area contributed by atoms with Gasteiger partial charge in [0, 0.05) is 22.0 Å². The fraction of sp³-hybridized carbons (Fsp3) is 0. The number of thiophene rings is 1. The average molecular weight is 303 g/mol. The molecule has 0 atom stereocenters. The van der Waals surface area contributed by atoms with Gasteiger partial charge in [-0.2, -0.15) is 15.6 Å². The number of para-hydroxylation sites is 1. The largest absolute Gasteiger partial charge is 0.256 e. The molecule has 0 fully saturated rings. The Morgan fingerprint density at radius 1 is 1.05 bits per heavy atom. The van der Waals surface area contributed by atoms with Crippen LogP contribution in [0.3, 0.4) is 0 Å². The van der Waals surface area contributed by atoms with Gasteiger partial charge in [-0.1, -0.05) is 18.2 Å². The molecule has 0 amide bonds. The van der Waals surface area contributed by atoms with Gasteiger partial charge in [0.25, 0.3) is 0 Å². The third-order valence-electron chi connectivity index (χ3n) is 3.37. The number of aromatic amines is 1. The maximum absolute atomic E-state index is 9.03. The van der Waals surface area contributed by atoms with E-state index in [2.05, 4.69) is 26.5 Å². The first kappa shape index (κ1) is 12.7. The summed E-state index contributed by atoms with van der Waals surface area (Å²) in [4.78, 5) is 6.48. The SMILES string of the molecule is N#Cc1n[nH]nc1-c1ccc(-c2cnc3ccccc3c2)s1. The molecule has 0 saturated heterocycles. The van der Waals surface area contributed by atoms with Crippen molar-refractivity contribution in [3.8, 4) is 27.1 Å². The second-order valence-electron chi connectivity index (χ2n) is 4.71. The van der Waals surface area contributed by atoms with Gasteiger partial charge < -0.3 is 0 Å². The zero-order valence-electron chi connectivity index (χ0n) is 11.3. The van der Waals surface area contributed by atoms with Crippen LogP contribution in [0.5, 0.6) is 0 Å². The summed E-state index contributed by atoms with van der Waals surface area (Å²) < 4.78 is 0. The maximum Gasteiger partial charge on any atom is 0.191 e. The van der Waals surface area contributed by atoms with E-state index in [0.717, 1.165) is 26.2 Å². The molecule has 3 heterocycles. The first-order chi connectivity index (χ1) is 10.8. The minimum Gasteiger partial charge on any atom is -0.256 e. The number of H-pyrrole nitrogens is 1. The van der Waals surface area contributed by atoms with Crippen molar-refractivity contribution in [1.82, 2.24) is 20.4 Å². The zero-order chi connectivity index (χ0) is 14.9. The van der Waals surface area contributed by atoms with Crippen LogP contribution in [-0.4, -0.2) is 20.4 Å². The maximum atomic E-state index is 9.03. The Morgan fingerprint density at radius 3 is 2.82 bits per heavy atom. The number of nitrogens with one attached hydrogen (secondary N) is 1. The molecule has 0 radical (unpaired) electrons. The topological polar surface area (TPSA) is 78.2 Å². The molecule has 0 spiro atoms. The molecule has 22 heavy (non-hydrogen) atoms. The normalized spacial score (nSPS) is 10.7. The second kappa shape index (κ2) is 5.06. The fourth-order valence-electron chi connectivity index (χ4n) is 2.31. The summed E-state index contributed by atoms with van der Waals surface area (Å²) >= 11 is 1.57. The lowest BCUT2D eigenvalue weighted by Gasteiger charge is -2.00. The standard InChI is InChI=1S/C16H9N5S/c17-8-13-16(20-21-19-13)15-6-5-14(22-15)11-7-10-3-1-2-4-12(10)18-9-11/h1-7,9H,(H,19,20,21). The molecule has 1 N–H and O–H groups in total. The molecule has 0 aliphatic carbocycles. The number of nitrogens with zero attached hydrogens (tertiary/aromatic N) is 4. The number of benzene rings is 1. The van der Waals surface area contributed by atoms with Crippen molar-refractivity contribution in [2.24, 2.45) is 0 Å². The zero-order valence-corrected chi connectivity index (χ0v) is 12.1. The van der Waals surface area contributed by atoms with Crippen molar-refractivity contribution < 1.29 is 0 Å². The summed E-state index contributed by atoms with van der Waals surface area (Å²) in [5.41, 5.74) is 2.93. The van der Waals surface area contributed by atoms with Crippen LogP contribution < -0.4 is 0 Å². The molecule has 0 aliphatic rings. The van der Waals surface area contributed by atoms with E-state index in [1.54, 1.807) is 11.3 Å². The number of hydrogen-bond donors (Lipinski definition) is 1. The summed E-state index contributed by atoms with van der Waals surface area (Å²) in [6, 6.07) is 16.1. The predicted molar refractivity (Wildman–Crippen MR) is 85.1 cm³/mol. The van der Waals surface area contributed by atoms with Crippen molar-refractivity contribution in [2.75, 3.05) is 0 Å². The Bertz CT molecular complexity index is 1010. The van der Waals surface area contributed by atoms with Crippen molar-refractivity contribution in [3.63, 3.8) is 0 Å². The molecule has 6 heteroatoms. The average Bonchev–Trinajstić information content (AvgIpc) is 3.22. The highest BCUT2D eigenvalue weighted by molar-refractivity contribution is 7.18. The van der Waals surface area contributed by atoms with E-state index in [1.165, 1.54) is 0 Å². The molecule has 3 aromatic heterocycles. The number of nitriles is 1. The Kier molecular flexibility index (Phi) is 2.92. The van der Waals surface area contributed by atoms with E-state index in [4.69, 9.17) is 5.26 Å². The quantitative estimate of drug-likeness (QED) is 0.613. The Hall–Kier alpha value is -3.04. The van der Waals surface area contributed by atoms with Crippen LogP contribution in [0.25, 0.3) is 31.9 Å². The highest BCUT2D eigenvalue weighted by atomic mass is 32.1.